The molecule has 1 aliphatic heterocycles. The number of halogens is 1. The molecule has 43 heavy (non-hydrogen) atoms. The summed E-state index contributed by atoms with van der Waals surface area (Å²) in [7, 11) is -3.99. The van der Waals surface area contributed by atoms with Crippen LogP contribution in [0.25, 0.3) is 0 Å². The predicted molar refractivity (Wildman–Crippen MR) is 164 cm³/mol. The number of hydrogen-bond acceptors (Lipinski definition) is 6. The van der Waals surface area contributed by atoms with E-state index in [-0.39, 0.29) is 28.5 Å². The molecule has 0 saturated carbocycles. The van der Waals surface area contributed by atoms with Crippen molar-refractivity contribution in [2.75, 3.05) is 37.6 Å². The molecule has 4 aromatic rings. The van der Waals surface area contributed by atoms with Gasteiger partial charge in [-0.2, -0.15) is 5.10 Å². The zero-order valence-corrected chi connectivity index (χ0v) is 24.4. The van der Waals surface area contributed by atoms with Crippen molar-refractivity contribution in [2.45, 2.75) is 24.3 Å². The third-order valence-electron chi connectivity index (χ3n) is 7.08. The zero-order chi connectivity index (χ0) is 30.1. The monoisotopic (exact) mass is 600 g/mol. The van der Waals surface area contributed by atoms with Crippen molar-refractivity contribution in [3.63, 3.8) is 0 Å². The molecule has 5 rings (SSSR count). The first-order valence-corrected chi connectivity index (χ1v) is 15.6. The van der Waals surface area contributed by atoms with Crippen molar-refractivity contribution < 1.29 is 17.6 Å². The van der Waals surface area contributed by atoms with Crippen molar-refractivity contribution in [3.8, 4) is 11.8 Å². The summed E-state index contributed by atoms with van der Waals surface area (Å²) in [6.07, 6.45) is 5.02. The molecule has 11 heteroatoms. The molecule has 9 nitrogen and oxygen atoms in total. The first-order valence-electron chi connectivity index (χ1n) is 14.1. The number of aromatic amines is 1. The van der Waals surface area contributed by atoms with E-state index in [1.54, 1.807) is 6.20 Å². The molecule has 1 aliphatic rings. The average molecular weight is 601 g/mol. The van der Waals surface area contributed by atoms with Gasteiger partial charge in [0, 0.05) is 67.8 Å². The summed E-state index contributed by atoms with van der Waals surface area (Å²) in [6, 6.07) is 17.7. The van der Waals surface area contributed by atoms with E-state index < -0.39 is 15.8 Å². The number of anilines is 1. The van der Waals surface area contributed by atoms with Gasteiger partial charge >= 0.3 is 0 Å². The van der Waals surface area contributed by atoms with Crippen molar-refractivity contribution >= 4 is 21.6 Å². The highest BCUT2D eigenvalue weighted by Crippen LogP contribution is 2.20. The van der Waals surface area contributed by atoms with Crippen LogP contribution in [0.1, 0.15) is 39.0 Å². The average Bonchev–Trinajstić information content (AvgIpc) is 3.56. The highest BCUT2D eigenvalue weighted by Gasteiger charge is 2.20. The van der Waals surface area contributed by atoms with Crippen molar-refractivity contribution in [1.82, 2.24) is 25.6 Å². The Bertz CT molecular complexity index is 1690. The summed E-state index contributed by atoms with van der Waals surface area (Å²) in [5.41, 5.74) is 3.92. The summed E-state index contributed by atoms with van der Waals surface area (Å²) in [5, 5.41) is 12.9. The first kappa shape index (κ1) is 30.0. The van der Waals surface area contributed by atoms with Crippen LogP contribution in [0.15, 0.2) is 84.0 Å². The number of nitrogens with one attached hydrogen (secondary N) is 4. The molecule has 0 unspecified atom stereocenters. The van der Waals surface area contributed by atoms with E-state index in [4.69, 9.17) is 0 Å². The molecule has 0 spiro atoms. The molecule has 3 aromatic carbocycles. The van der Waals surface area contributed by atoms with Gasteiger partial charge in [0.15, 0.2) is 0 Å². The van der Waals surface area contributed by atoms with Gasteiger partial charge in [0.2, 0.25) is 10.0 Å². The van der Waals surface area contributed by atoms with E-state index in [9.17, 15) is 17.6 Å². The standard InChI is InChI=1S/C32H33FN6O3S/c33-29-10-4-24(5-11-29)3-8-27-20-28(32(40)35-15-1-2-26-21-36-37-22-26)9-14-31(27)43(41,42)38-23-25-6-12-30(13-7-25)39-18-16-34-17-19-39/h4-7,9-14,20-22,34,38H,1-2,15-19,23H2,(H,35,40)(H,36,37). The number of sulfonamides is 1. The first-order chi connectivity index (χ1) is 20.9. The van der Waals surface area contributed by atoms with Crippen LogP contribution in [0.5, 0.6) is 0 Å². The molecule has 0 atom stereocenters. The number of nitrogens with zero attached hydrogens (tertiary/aromatic N) is 2. The topological polar surface area (TPSA) is 119 Å². The molecular weight excluding hydrogens is 567 g/mol. The number of hydrogen-bond donors (Lipinski definition) is 4. The summed E-state index contributed by atoms with van der Waals surface area (Å²) in [6.45, 7) is 4.24. The molecule has 0 radical (unpaired) electrons. The summed E-state index contributed by atoms with van der Waals surface area (Å²) < 4.78 is 42.9. The van der Waals surface area contributed by atoms with Crippen LogP contribution in [0.2, 0.25) is 0 Å². The van der Waals surface area contributed by atoms with Crippen LogP contribution in [-0.2, 0) is 23.0 Å². The number of benzene rings is 3. The number of amides is 1. The van der Waals surface area contributed by atoms with Crippen LogP contribution >= 0.6 is 0 Å². The Labute approximate surface area is 251 Å². The predicted octanol–water partition coefficient (Wildman–Crippen LogP) is 3.20. The fourth-order valence-corrected chi connectivity index (χ4v) is 5.85. The number of aryl methyl sites for hydroxylation is 1. The molecule has 1 amide bonds. The number of carbonyl (C=O) groups excluding carboxylic acids is 1. The highest BCUT2D eigenvalue weighted by molar-refractivity contribution is 7.89. The molecule has 0 bridgehead atoms. The Hall–Kier alpha value is -4.50. The lowest BCUT2D eigenvalue weighted by Gasteiger charge is -2.29. The van der Waals surface area contributed by atoms with Gasteiger partial charge in [-0.05, 0) is 78.6 Å². The maximum atomic E-state index is 13.4. The third kappa shape index (κ3) is 8.29. The van der Waals surface area contributed by atoms with Crippen molar-refractivity contribution in [1.29, 1.82) is 0 Å². The Morgan fingerprint density at radius 1 is 0.977 bits per heavy atom. The molecule has 1 fully saturated rings. The van der Waals surface area contributed by atoms with Gasteiger partial charge in [0.05, 0.1) is 11.1 Å². The molecule has 0 aliphatic carbocycles. The molecule has 1 saturated heterocycles. The minimum absolute atomic E-state index is 0.0453. The maximum absolute atomic E-state index is 13.4. The summed E-state index contributed by atoms with van der Waals surface area (Å²) in [4.78, 5) is 15.1. The van der Waals surface area contributed by atoms with Crippen LogP contribution < -0.4 is 20.3 Å². The molecule has 1 aromatic heterocycles. The maximum Gasteiger partial charge on any atom is 0.251 e. The lowest BCUT2D eigenvalue weighted by Crippen LogP contribution is -2.43. The normalized spacial score (nSPS) is 13.3. The lowest BCUT2D eigenvalue weighted by molar-refractivity contribution is 0.0953. The van der Waals surface area contributed by atoms with E-state index in [0.29, 0.717) is 12.1 Å². The molecule has 2 heterocycles. The van der Waals surface area contributed by atoms with Gasteiger partial charge < -0.3 is 15.5 Å². The van der Waals surface area contributed by atoms with Gasteiger partial charge in [-0.1, -0.05) is 24.0 Å². The Kier molecular flexibility index (Phi) is 9.84. The smallest absolute Gasteiger partial charge is 0.251 e. The SMILES string of the molecule is O=C(NCCCc1cn[nH]c1)c1ccc(S(=O)(=O)NCc2ccc(N3CCNCC3)cc2)c(C#Cc2ccc(F)cc2)c1. The van der Waals surface area contributed by atoms with E-state index in [2.05, 4.69) is 42.3 Å². The third-order valence-corrected chi connectivity index (χ3v) is 8.54. The fraction of sp³-hybridized carbons (Fsp3) is 0.250. The Balaban J connectivity index is 1.31. The van der Waals surface area contributed by atoms with Gasteiger partial charge in [0.1, 0.15) is 5.82 Å². The Morgan fingerprint density at radius 2 is 1.74 bits per heavy atom. The fourth-order valence-electron chi connectivity index (χ4n) is 4.69. The van der Waals surface area contributed by atoms with Crippen LogP contribution in [-0.4, -0.2) is 57.2 Å². The number of H-pyrrole nitrogens is 1. The van der Waals surface area contributed by atoms with Gasteiger partial charge in [-0.3, -0.25) is 9.89 Å². The van der Waals surface area contributed by atoms with Crippen molar-refractivity contribution in [3.05, 3.63) is 113 Å². The molecule has 222 valence electrons. The van der Waals surface area contributed by atoms with Crippen molar-refractivity contribution in [2.24, 2.45) is 0 Å². The number of rotatable bonds is 10. The van der Waals surface area contributed by atoms with Gasteiger partial charge in [-0.25, -0.2) is 17.5 Å². The second-order valence-electron chi connectivity index (χ2n) is 10.2. The van der Waals surface area contributed by atoms with E-state index >= 15 is 0 Å². The minimum Gasteiger partial charge on any atom is -0.369 e. The Morgan fingerprint density at radius 3 is 2.47 bits per heavy atom. The quantitative estimate of drug-likeness (QED) is 0.164. The number of carbonyl (C=O) groups is 1. The largest absolute Gasteiger partial charge is 0.369 e. The number of aromatic nitrogens is 2. The summed E-state index contributed by atoms with van der Waals surface area (Å²) in [5.74, 6) is 5.04. The van der Waals surface area contributed by atoms with E-state index in [1.807, 2.05) is 30.5 Å². The highest BCUT2D eigenvalue weighted by atomic mass is 32.2. The molecular formula is C32H33FN6O3S. The van der Waals surface area contributed by atoms with Crippen LogP contribution in [0, 0.1) is 17.7 Å². The van der Waals surface area contributed by atoms with E-state index in [1.165, 1.54) is 42.5 Å². The minimum atomic E-state index is -3.99. The zero-order valence-electron chi connectivity index (χ0n) is 23.6. The number of piperazine rings is 1. The van der Waals surface area contributed by atoms with Crippen LogP contribution in [0.4, 0.5) is 10.1 Å². The summed E-state index contributed by atoms with van der Waals surface area (Å²) >= 11 is 0. The van der Waals surface area contributed by atoms with Gasteiger partial charge in [0.25, 0.3) is 5.91 Å². The lowest BCUT2D eigenvalue weighted by atomic mass is 10.1. The molecule has 4 N–H and O–H groups in total. The second-order valence-corrected chi connectivity index (χ2v) is 11.9. The second kappa shape index (κ2) is 14.1. The van der Waals surface area contributed by atoms with Crippen LogP contribution in [0.3, 0.4) is 0 Å². The van der Waals surface area contributed by atoms with Gasteiger partial charge in [-0.15, -0.1) is 0 Å². The van der Waals surface area contributed by atoms with E-state index in [0.717, 1.165) is 55.8 Å².